The standard InChI is InChI=1S/C15H11ClF2N2O4/c1-8(15(21)19-12-4-2-9(17)6-11(12)16)24-14-7-10(18)3-5-13(14)20(22)23/h2-8H,1H3,(H,19,21)/t8-/m1/s1. The van der Waals surface area contributed by atoms with Crippen LogP contribution in [0.5, 0.6) is 5.75 Å². The van der Waals surface area contributed by atoms with Crippen LogP contribution in [-0.2, 0) is 4.79 Å². The van der Waals surface area contributed by atoms with Gasteiger partial charge in [-0.2, -0.15) is 0 Å². The van der Waals surface area contributed by atoms with Crippen molar-refractivity contribution in [2.75, 3.05) is 5.32 Å². The van der Waals surface area contributed by atoms with Gasteiger partial charge in [-0.1, -0.05) is 11.6 Å². The molecule has 24 heavy (non-hydrogen) atoms. The molecule has 0 bridgehead atoms. The highest BCUT2D eigenvalue weighted by molar-refractivity contribution is 6.33. The number of benzene rings is 2. The van der Waals surface area contributed by atoms with Gasteiger partial charge in [0, 0.05) is 12.1 Å². The number of carbonyl (C=O) groups is 1. The first-order valence-corrected chi connectivity index (χ1v) is 7.02. The number of anilines is 1. The lowest BCUT2D eigenvalue weighted by Crippen LogP contribution is -2.30. The highest BCUT2D eigenvalue weighted by atomic mass is 35.5. The van der Waals surface area contributed by atoms with E-state index >= 15 is 0 Å². The van der Waals surface area contributed by atoms with Crippen LogP contribution in [-0.4, -0.2) is 16.9 Å². The number of nitro benzene ring substituents is 1. The summed E-state index contributed by atoms with van der Waals surface area (Å²) in [6.07, 6.45) is -1.19. The highest BCUT2D eigenvalue weighted by Gasteiger charge is 2.22. The van der Waals surface area contributed by atoms with E-state index in [2.05, 4.69) is 5.32 Å². The van der Waals surface area contributed by atoms with Crippen molar-refractivity contribution in [3.63, 3.8) is 0 Å². The van der Waals surface area contributed by atoms with Gasteiger partial charge in [0.1, 0.15) is 11.6 Å². The molecule has 2 aromatic carbocycles. The molecule has 0 aliphatic rings. The van der Waals surface area contributed by atoms with Crippen LogP contribution in [0.1, 0.15) is 6.92 Å². The molecule has 0 spiro atoms. The molecule has 1 N–H and O–H groups in total. The topological polar surface area (TPSA) is 81.5 Å². The van der Waals surface area contributed by atoms with Gasteiger partial charge in [0.15, 0.2) is 6.10 Å². The van der Waals surface area contributed by atoms with Gasteiger partial charge >= 0.3 is 5.69 Å². The Balaban J connectivity index is 2.14. The summed E-state index contributed by atoms with van der Waals surface area (Å²) in [6.45, 7) is 1.32. The van der Waals surface area contributed by atoms with Crippen LogP contribution in [0.3, 0.4) is 0 Å². The van der Waals surface area contributed by atoms with Gasteiger partial charge in [-0.05, 0) is 31.2 Å². The first-order chi connectivity index (χ1) is 11.3. The SMILES string of the molecule is C[C@@H](Oc1cc(F)ccc1[N+](=O)[O-])C(=O)Nc1ccc(F)cc1Cl. The van der Waals surface area contributed by atoms with Crippen LogP contribution in [0.15, 0.2) is 36.4 Å². The molecule has 0 fully saturated rings. The third-order valence-corrected chi connectivity index (χ3v) is 3.29. The summed E-state index contributed by atoms with van der Waals surface area (Å²) in [6, 6.07) is 6.03. The zero-order chi connectivity index (χ0) is 17.9. The van der Waals surface area contributed by atoms with Crippen LogP contribution in [0, 0.1) is 21.7 Å². The summed E-state index contributed by atoms with van der Waals surface area (Å²) in [7, 11) is 0. The normalized spacial score (nSPS) is 11.7. The number of halogens is 3. The predicted molar refractivity (Wildman–Crippen MR) is 83.2 cm³/mol. The minimum atomic E-state index is -1.19. The van der Waals surface area contributed by atoms with Crippen LogP contribution in [0.4, 0.5) is 20.2 Å². The lowest BCUT2D eigenvalue weighted by Gasteiger charge is -2.15. The third kappa shape index (κ3) is 4.17. The molecule has 0 aliphatic carbocycles. The molecular formula is C15H11ClF2N2O4. The van der Waals surface area contributed by atoms with E-state index in [1.165, 1.54) is 13.0 Å². The van der Waals surface area contributed by atoms with Gasteiger partial charge in [-0.25, -0.2) is 8.78 Å². The van der Waals surface area contributed by atoms with E-state index in [-0.39, 0.29) is 16.5 Å². The lowest BCUT2D eigenvalue weighted by molar-refractivity contribution is -0.386. The highest BCUT2D eigenvalue weighted by Crippen LogP contribution is 2.29. The molecule has 126 valence electrons. The predicted octanol–water partition coefficient (Wildman–Crippen LogP) is 3.93. The number of nitrogens with zero attached hydrogens (tertiary/aromatic N) is 1. The number of nitrogens with one attached hydrogen (secondary N) is 1. The van der Waals surface area contributed by atoms with Gasteiger partial charge < -0.3 is 10.1 Å². The quantitative estimate of drug-likeness (QED) is 0.650. The number of ether oxygens (including phenoxy) is 1. The third-order valence-electron chi connectivity index (χ3n) is 2.98. The molecule has 0 aromatic heterocycles. The van der Waals surface area contributed by atoms with Crippen LogP contribution in [0.25, 0.3) is 0 Å². The smallest absolute Gasteiger partial charge is 0.311 e. The number of hydrogen-bond donors (Lipinski definition) is 1. The van der Waals surface area contributed by atoms with E-state index in [4.69, 9.17) is 16.3 Å². The molecule has 0 saturated heterocycles. The van der Waals surface area contributed by atoms with E-state index in [0.717, 1.165) is 30.3 Å². The Hall–Kier alpha value is -2.74. The number of nitro groups is 1. The average Bonchev–Trinajstić information content (AvgIpc) is 2.49. The number of hydrogen-bond acceptors (Lipinski definition) is 4. The monoisotopic (exact) mass is 356 g/mol. The van der Waals surface area contributed by atoms with Crippen LogP contribution in [0.2, 0.25) is 5.02 Å². The fraction of sp³-hybridized carbons (Fsp3) is 0.133. The summed E-state index contributed by atoms with van der Waals surface area (Å²) >= 11 is 5.79. The second kappa shape index (κ2) is 7.22. The summed E-state index contributed by atoms with van der Waals surface area (Å²) < 4.78 is 31.4. The summed E-state index contributed by atoms with van der Waals surface area (Å²) in [4.78, 5) is 22.2. The van der Waals surface area contributed by atoms with Gasteiger partial charge in [0.2, 0.25) is 5.75 Å². The zero-order valence-corrected chi connectivity index (χ0v) is 13.0. The Labute approximate surface area is 140 Å². The van der Waals surface area contributed by atoms with Crippen LogP contribution >= 0.6 is 11.6 Å². The van der Waals surface area contributed by atoms with Crippen molar-refractivity contribution in [2.24, 2.45) is 0 Å². The molecule has 2 aromatic rings. The van der Waals surface area contributed by atoms with E-state index < -0.39 is 34.3 Å². The van der Waals surface area contributed by atoms with Gasteiger partial charge in [0.25, 0.3) is 5.91 Å². The minimum Gasteiger partial charge on any atom is -0.474 e. The summed E-state index contributed by atoms with van der Waals surface area (Å²) in [5.74, 6) is -2.39. The van der Waals surface area contributed by atoms with E-state index in [1.54, 1.807) is 0 Å². The molecule has 1 atom stereocenters. The molecule has 0 saturated carbocycles. The Morgan fingerprint density at radius 1 is 1.25 bits per heavy atom. The minimum absolute atomic E-state index is 0.0210. The Morgan fingerprint density at radius 2 is 1.88 bits per heavy atom. The van der Waals surface area contributed by atoms with Gasteiger partial charge in [0.05, 0.1) is 15.6 Å². The first kappa shape index (κ1) is 17.6. The van der Waals surface area contributed by atoms with Crippen molar-refractivity contribution in [2.45, 2.75) is 13.0 Å². The van der Waals surface area contributed by atoms with Crippen molar-refractivity contribution in [1.29, 1.82) is 0 Å². The maximum absolute atomic E-state index is 13.2. The number of carbonyl (C=O) groups excluding carboxylic acids is 1. The van der Waals surface area contributed by atoms with Crippen molar-refractivity contribution in [3.8, 4) is 5.75 Å². The fourth-order valence-electron chi connectivity index (χ4n) is 1.80. The van der Waals surface area contributed by atoms with Crippen molar-refractivity contribution in [3.05, 3.63) is 63.2 Å². The summed E-state index contributed by atoms with van der Waals surface area (Å²) in [5, 5.41) is 13.3. The summed E-state index contributed by atoms with van der Waals surface area (Å²) in [5.41, 5.74) is -0.330. The van der Waals surface area contributed by atoms with Crippen molar-refractivity contribution < 1.29 is 23.2 Å². The molecular weight excluding hydrogens is 346 g/mol. The van der Waals surface area contributed by atoms with Gasteiger partial charge in [-0.3, -0.25) is 14.9 Å². The van der Waals surface area contributed by atoms with E-state index in [1.807, 2.05) is 0 Å². The second-order valence-electron chi connectivity index (χ2n) is 4.74. The van der Waals surface area contributed by atoms with E-state index in [0.29, 0.717) is 0 Å². The molecule has 0 heterocycles. The maximum atomic E-state index is 13.2. The maximum Gasteiger partial charge on any atom is 0.311 e. The molecule has 0 radical (unpaired) electrons. The molecule has 1 amide bonds. The molecule has 0 unspecified atom stereocenters. The van der Waals surface area contributed by atoms with E-state index in [9.17, 15) is 23.7 Å². The number of rotatable bonds is 5. The molecule has 2 rings (SSSR count). The van der Waals surface area contributed by atoms with Crippen LogP contribution < -0.4 is 10.1 Å². The Bertz CT molecular complexity index is 801. The molecule has 0 aliphatic heterocycles. The number of amides is 1. The molecule has 9 heteroatoms. The van der Waals surface area contributed by atoms with Gasteiger partial charge in [-0.15, -0.1) is 0 Å². The largest absolute Gasteiger partial charge is 0.474 e. The fourth-order valence-corrected chi connectivity index (χ4v) is 2.02. The zero-order valence-electron chi connectivity index (χ0n) is 12.3. The Kier molecular flexibility index (Phi) is 5.30. The lowest BCUT2D eigenvalue weighted by atomic mass is 10.2. The average molecular weight is 357 g/mol. The molecule has 6 nitrogen and oxygen atoms in total. The second-order valence-corrected chi connectivity index (χ2v) is 5.15. The van der Waals surface area contributed by atoms with Crippen molar-refractivity contribution >= 4 is 28.9 Å². The van der Waals surface area contributed by atoms with Crippen molar-refractivity contribution in [1.82, 2.24) is 0 Å². The first-order valence-electron chi connectivity index (χ1n) is 6.64. The Morgan fingerprint density at radius 3 is 2.50 bits per heavy atom.